The fourth-order valence-corrected chi connectivity index (χ4v) is 4.96. The Hall–Kier alpha value is -3.88. The summed E-state index contributed by atoms with van der Waals surface area (Å²) in [5.41, 5.74) is 4.34. The standard InChI is InChI=1S/C27H24N2O5S/c1-3-28-25-16-20(19-7-5-4-6-8-19)10-14-26(25)34-27(28)17-22-11-9-21-15-23(33-2)12-13-24(21)29(22)18-35(30,31)32/h4-17H,3,18H2,1-2H3/p+1. The van der Waals surface area contributed by atoms with E-state index in [1.807, 2.05) is 54.3 Å². The Morgan fingerprint density at radius 2 is 1.80 bits per heavy atom. The lowest BCUT2D eigenvalue weighted by atomic mass is 10.0. The first kappa shape index (κ1) is 22.9. The van der Waals surface area contributed by atoms with Crippen LogP contribution in [-0.4, -0.2) is 26.6 Å². The van der Waals surface area contributed by atoms with Gasteiger partial charge in [0.05, 0.1) is 24.3 Å². The minimum absolute atomic E-state index is 0.574. The zero-order chi connectivity index (χ0) is 24.6. The van der Waals surface area contributed by atoms with Gasteiger partial charge >= 0.3 is 10.1 Å². The lowest BCUT2D eigenvalue weighted by molar-refractivity contribution is -0.653. The fraction of sp³-hybridized carbons (Fsp3) is 0.148. The average molecular weight is 490 g/mol. The van der Waals surface area contributed by atoms with Crippen LogP contribution < -0.4 is 18.9 Å². The van der Waals surface area contributed by atoms with Gasteiger partial charge in [0.1, 0.15) is 5.75 Å². The Labute approximate surface area is 204 Å². The van der Waals surface area contributed by atoms with Gasteiger partial charge in [-0.05, 0) is 48.4 Å². The maximum absolute atomic E-state index is 11.9. The summed E-state index contributed by atoms with van der Waals surface area (Å²) in [6, 6.07) is 25.2. The van der Waals surface area contributed by atoms with Crippen molar-refractivity contribution in [3.63, 3.8) is 0 Å². The van der Waals surface area contributed by atoms with Gasteiger partial charge in [0.15, 0.2) is 5.75 Å². The number of methoxy groups -OCH3 is 1. The van der Waals surface area contributed by atoms with E-state index in [0.29, 0.717) is 29.4 Å². The number of nitrogens with zero attached hydrogens (tertiary/aromatic N) is 2. The molecule has 8 heteroatoms. The fourth-order valence-electron chi connectivity index (χ4n) is 4.35. The number of anilines is 1. The van der Waals surface area contributed by atoms with Gasteiger partial charge in [0, 0.05) is 18.7 Å². The third-order valence-electron chi connectivity index (χ3n) is 5.99. The molecule has 7 nitrogen and oxygen atoms in total. The van der Waals surface area contributed by atoms with Gasteiger partial charge in [-0.1, -0.05) is 36.4 Å². The molecule has 2 heterocycles. The minimum atomic E-state index is -4.30. The largest absolute Gasteiger partial charge is 0.497 e. The van der Waals surface area contributed by atoms with Crippen LogP contribution in [-0.2, 0) is 16.0 Å². The van der Waals surface area contributed by atoms with Crippen molar-refractivity contribution >= 4 is 32.8 Å². The molecule has 0 saturated carbocycles. The smallest absolute Gasteiger partial charge is 0.326 e. The Balaban J connectivity index is 1.60. The number of ether oxygens (including phenoxy) is 2. The number of benzene rings is 3. The Morgan fingerprint density at radius 1 is 1.00 bits per heavy atom. The Bertz CT molecular complexity index is 1550. The van der Waals surface area contributed by atoms with Crippen molar-refractivity contribution in [2.75, 3.05) is 18.6 Å². The van der Waals surface area contributed by atoms with Gasteiger partial charge in [-0.15, -0.1) is 0 Å². The molecule has 1 N–H and O–H groups in total. The van der Waals surface area contributed by atoms with Crippen molar-refractivity contribution in [2.45, 2.75) is 12.8 Å². The van der Waals surface area contributed by atoms with Gasteiger partial charge in [-0.3, -0.25) is 4.55 Å². The molecule has 4 aromatic rings. The number of pyridine rings is 1. The first-order valence-electron chi connectivity index (χ1n) is 11.2. The first-order valence-corrected chi connectivity index (χ1v) is 12.8. The molecule has 0 saturated heterocycles. The van der Waals surface area contributed by atoms with Gasteiger partial charge < -0.3 is 14.4 Å². The Kier molecular flexibility index (Phi) is 5.92. The summed E-state index contributed by atoms with van der Waals surface area (Å²) in [6.45, 7) is 2.68. The van der Waals surface area contributed by atoms with E-state index >= 15 is 0 Å². The van der Waals surface area contributed by atoms with Gasteiger partial charge in [0.25, 0.3) is 5.88 Å². The highest BCUT2D eigenvalue weighted by Gasteiger charge is 2.28. The molecular weight excluding hydrogens is 464 g/mol. The quantitative estimate of drug-likeness (QED) is 0.308. The van der Waals surface area contributed by atoms with Crippen molar-refractivity contribution in [2.24, 2.45) is 0 Å². The zero-order valence-electron chi connectivity index (χ0n) is 19.4. The van der Waals surface area contributed by atoms with E-state index in [0.717, 1.165) is 28.0 Å². The summed E-state index contributed by atoms with van der Waals surface area (Å²) >= 11 is 0. The maximum Gasteiger partial charge on any atom is 0.326 e. The molecule has 1 aliphatic heterocycles. The summed E-state index contributed by atoms with van der Waals surface area (Å²) < 4.78 is 46.4. The van der Waals surface area contributed by atoms with Crippen LogP contribution in [0.25, 0.3) is 28.1 Å². The molecule has 0 fully saturated rings. The van der Waals surface area contributed by atoms with E-state index in [1.165, 1.54) is 0 Å². The average Bonchev–Trinajstić information content (AvgIpc) is 3.21. The van der Waals surface area contributed by atoms with Crippen LogP contribution >= 0.6 is 0 Å². The van der Waals surface area contributed by atoms with Crippen LogP contribution in [0.1, 0.15) is 12.6 Å². The SMILES string of the molecule is CCN1/C(=C/c2ccc3cc(OC)ccc3[n+]2CS(=O)(=O)O)Oc2ccc(-c3ccccc3)cc21. The van der Waals surface area contributed by atoms with Crippen molar-refractivity contribution in [1.82, 2.24) is 0 Å². The number of rotatable bonds is 6. The summed E-state index contributed by atoms with van der Waals surface area (Å²) in [5.74, 6) is 1.37. The highest BCUT2D eigenvalue weighted by molar-refractivity contribution is 7.84. The normalized spacial score (nSPS) is 14.3. The molecule has 35 heavy (non-hydrogen) atoms. The Morgan fingerprint density at radius 3 is 2.51 bits per heavy atom. The third-order valence-corrected chi connectivity index (χ3v) is 6.57. The highest BCUT2D eigenvalue weighted by Crippen LogP contribution is 2.41. The van der Waals surface area contributed by atoms with Crippen LogP contribution in [0.2, 0.25) is 0 Å². The van der Waals surface area contributed by atoms with E-state index in [4.69, 9.17) is 9.47 Å². The van der Waals surface area contributed by atoms with E-state index < -0.39 is 16.0 Å². The van der Waals surface area contributed by atoms with Crippen molar-refractivity contribution in [1.29, 1.82) is 0 Å². The lowest BCUT2D eigenvalue weighted by Gasteiger charge is -2.16. The molecule has 0 atom stereocenters. The molecule has 5 rings (SSSR count). The second-order valence-electron chi connectivity index (χ2n) is 8.20. The molecule has 0 amide bonds. The van der Waals surface area contributed by atoms with E-state index in [1.54, 1.807) is 36.0 Å². The first-order chi connectivity index (χ1) is 16.9. The molecule has 0 aliphatic carbocycles. The monoisotopic (exact) mass is 489 g/mol. The number of hydrogen-bond donors (Lipinski definition) is 1. The molecule has 1 aromatic heterocycles. The topological polar surface area (TPSA) is 80.0 Å². The predicted octanol–water partition coefficient (Wildman–Crippen LogP) is 4.87. The molecule has 0 unspecified atom stereocenters. The molecule has 0 spiro atoms. The molecule has 0 radical (unpaired) electrons. The number of hydrogen-bond acceptors (Lipinski definition) is 5. The zero-order valence-corrected chi connectivity index (χ0v) is 20.2. The van der Waals surface area contributed by atoms with E-state index in [2.05, 4.69) is 18.2 Å². The third kappa shape index (κ3) is 4.58. The van der Waals surface area contributed by atoms with Gasteiger partial charge in [-0.25, -0.2) is 0 Å². The summed E-state index contributed by atoms with van der Waals surface area (Å²) in [7, 11) is -2.73. The molecular formula is C27H25N2O5S+. The van der Waals surface area contributed by atoms with Crippen molar-refractivity contribution in [3.8, 4) is 22.6 Å². The second kappa shape index (κ2) is 9.05. The van der Waals surface area contributed by atoms with Crippen LogP contribution in [0.5, 0.6) is 11.5 Å². The molecule has 178 valence electrons. The second-order valence-corrected chi connectivity index (χ2v) is 9.62. The number of aromatic nitrogens is 1. The van der Waals surface area contributed by atoms with Crippen LogP contribution in [0, 0.1) is 0 Å². The summed E-state index contributed by atoms with van der Waals surface area (Å²) in [5, 5.41) is 0.783. The van der Waals surface area contributed by atoms with E-state index in [-0.39, 0.29) is 0 Å². The lowest BCUT2D eigenvalue weighted by Crippen LogP contribution is -2.41. The number of fused-ring (bicyclic) bond motifs is 2. The predicted molar refractivity (Wildman–Crippen MR) is 136 cm³/mol. The van der Waals surface area contributed by atoms with Crippen molar-refractivity contribution in [3.05, 3.63) is 90.4 Å². The van der Waals surface area contributed by atoms with Crippen molar-refractivity contribution < 1.29 is 27.0 Å². The van der Waals surface area contributed by atoms with Crippen LogP contribution in [0.3, 0.4) is 0 Å². The summed E-state index contributed by atoms with van der Waals surface area (Å²) in [4.78, 5) is 2.04. The minimum Gasteiger partial charge on any atom is -0.497 e. The molecule has 0 bridgehead atoms. The van der Waals surface area contributed by atoms with Crippen LogP contribution in [0.4, 0.5) is 5.69 Å². The highest BCUT2D eigenvalue weighted by atomic mass is 32.2. The molecule has 3 aromatic carbocycles. The van der Waals surface area contributed by atoms with Gasteiger partial charge in [-0.2, -0.15) is 13.0 Å². The van der Waals surface area contributed by atoms with E-state index in [9.17, 15) is 13.0 Å². The maximum atomic E-state index is 11.9. The molecule has 1 aliphatic rings. The van der Waals surface area contributed by atoms with Crippen LogP contribution in [0.15, 0.2) is 84.7 Å². The van der Waals surface area contributed by atoms with Gasteiger partial charge in [0.2, 0.25) is 17.1 Å². The summed E-state index contributed by atoms with van der Waals surface area (Å²) in [6.07, 6.45) is 1.79.